The topological polar surface area (TPSA) is 90.5 Å². The van der Waals surface area contributed by atoms with Gasteiger partial charge < -0.3 is 0 Å². The number of hydrogen-bond acceptors (Lipinski definition) is 7. The second-order valence-corrected chi connectivity index (χ2v) is 7.10. The fourth-order valence-corrected chi connectivity index (χ4v) is 3.86. The zero-order valence-electron chi connectivity index (χ0n) is 14.5. The Hall–Kier alpha value is -3.40. The summed E-state index contributed by atoms with van der Waals surface area (Å²) in [6.45, 7) is 1.36. The maximum Gasteiger partial charge on any atom is 0.275 e. The lowest BCUT2D eigenvalue weighted by atomic mass is 10.0. The Morgan fingerprint density at radius 1 is 1.11 bits per heavy atom. The molecule has 4 aromatic rings. The van der Waals surface area contributed by atoms with Gasteiger partial charge in [-0.25, -0.2) is 19.0 Å². The quantitative estimate of drug-likeness (QED) is 0.571. The first-order chi connectivity index (χ1) is 13.7. The fourth-order valence-electron chi connectivity index (χ4n) is 3.43. The molecule has 3 aromatic heterocycles. The van der Waals surface area contributed by atoms with Gasteiger partial charge in [0.1, 0.15) is 11.3 Å². The smallest absolute Gasteiger partial charge is 0.275 e. The summed E-state index contributed by atoms with van der Waals surface area (Å²) in [4.78, 5) is 21.9. The van der Waals surface area contributed by atoms with Crippen LogP contribution in [-0.2, 0) is 13.1 Å². The van der Waals surface area contributed by atoms with E-state index < -0.39 is 0 Å². The van der Waals surface area contributed by atoms with Crippen LogP contribution in [0.25, 0.3) is 22.5 Å². The van der Waals surface area contributed by atoms with Crippen LogP contribution in [0.1, 0.15) is 6.42 Å². The number of fused-ring (bicyclic) bond motifs is 1. The summed E-state index contributed by atoms with van der Waals surface area (Å²) in [6, 6.07) is 7.71. The second kappa shape index (κ2) is 6.64. The molecule has 0 bridgehead atoms. The Morgan fingerprint density at radius 2 is 1.93 bits per heavy atom. The molecular weight excluding hydrogens is 381 g/mol. The molecule has 0 radical (unpaired) electrons. The minimum atomic E-state index is -0.345. The summed E-state index contributed by atoms with van der Waals surface area (Å²) >= 11 is 1.34. The Morgan fingerprint density at radius 3 is 2.71 bits per heavy atom. The number of nitrogens with one attached hydrogen (secondary N) is 1. The van der Waals surface area contributed by atoms with E-state index in [-0.39, 0.29) is 11.4 Å². The summed E-state index contributed by atoms with van der Waals surface area (Å²) in [5, 5.41) is 11.3. The van der Waals surface area contributed by atoms with Crippen molar-refractivity contribution in [3.63, 3.8) is 0 Å². The van der Waals surface area contributed by atoms with E-state index in [0.29, 0.717) is 40.1 Å². The molecule has 0 saturated heterocycles. The summed E-state index contributed by atoms with van der Waals surface area (Å²) in [5.41, 5.74) is 4.00. The molecule has 4 heterocycles. The normalized spacial score (nSPS) is 12.9. The van der Waals surface area contributed by atoms with Gasteiger partial charge in [-0.15, -0.1) is 10.2 Å². The molecule has 10 heteroatoms. The highest BCUT2D eigenvalue weighted by atomic mass is 32.1. The lowest BCUT2D eigenvalue weighted by Gasteiger charge is -2.09. The van der Waals surface area contributed by atoms with Crippen LogP contribution in [0.3, 0.4) is 0 Å². The van der Waals surface area contributed by atoms with Gasteiger partial charge in [-0.2, -0.15) is 0 Å². The van der Waals surface area contributed by atoms with Gasteiger partial charge in [0.05, 0.1) is 17.0 Å². The third-order valence-electron chi connectivity index (χ3n) is 4.58. The summed E-state index contributed by atoms with van der Waals surface area (Å²) in [6.07, 6.45) is 2.51. The maximum absolute atomic E-state index is 13.4. The lowest BCUT2D eigenvalue weighted by Crippen LogP contribution is -2.17. The van der Waals surface area contributed by atoms with Crippen LogP contribution in [0, 0.1) is 5.82 Å². The van der Waals surface area contributed by atoms with Crippen molar-refractivity contribution >= 4 is 22.4 Å². The SMILES string of the molecule is O=c1c(-c2ccc(F)cc2)c(-c2ccnc(Nc3nncs3)n2)n2n1CCC2. The van der Waals surface area contributed by atoms with E-state index in [2.05, 4.69) is 25.5 Å². The Balaban J connectivity index is 1.67. The molecule has 1 aliphatic heterocycles. The van der Waals surface area contributed by atoms with Crippen molar-refractivity contribution in [1.29, 1.82) is 0 Å². The monoisotopic (exact) mass is 395 g/mol. The van der Waals surface area contributed by atoms with Crippen LogP contribution in [0.2, 0.25) is 0 Å². The van der Waals surface area contributed by atoms with Crippen LogP contribution in [-0.4, -0.2) is 29.5 Å². The van der Waals surface area contributed by atoms with Crippen LogP contribution in [0.15, 0.2) is 46.8 Å². The number of aromatic nitrogens is 6. The minimum Gasteiger partial charge on any atom is -0.299 e. The molecular formula is C18H14FN7OS. The van der Waals surface area contributed by atoms with E-state index in [4.69, 9.17) is 0 Å². The third-order valence-corrected chi connectivity index (χ3v) is 5.19. The van der Waals surface area contributed by atoms with E-state index in [0.717, 1.165) is 13.0 Å². The minimum absolute atomic E-state index is 0.101. The number of anilines is 2. The highest BCUT2D eigenvalue weighted by molar-refractivity contribution is 7.13. The number of rotatable bonds is 4. The summed E-state index contributed by atoms with van der Waals surface area (Å²) < 4.78 is 17.1. The zero-order valence-corrected chi connectivity index (χ0v) is 15.4. The first-order valence-electron chi connectivity index (χ1n) is 8.67. The van der Waals surface area contributed by atoms with E-state index in [9.17, 15) is 9.18 Å². The van der Waals surface area contributed by atoms with Crippen LogP contribution < -0.4 is 10.9 Å². The van der Waals surface area contributed by atoms with Crippen LogP contribution in [0.4, 0.5) is 15.5 Å². The summed E-state index contributed by atoms with van der Waals surface area (Å²) in [7, 11) is 0. The van der Waals surface area contributed by atoms with Crippen molar-refractivity contribution in [2.45, 2.75) is 19.5 Å². The largest absolute Gasteiger partial charge is 0.299 e. The first-order valence-corrected chi connectivity index (χ1v) is 9.55. The maximum atomic E-state index is 13.4. The number of nitrogens with zero attached hydrogens (tertiary/aromatic N) is 6. The third kappa shape index (κ3) is 2.78. The van der Waals surface area contributed by atoms with Gasteiger partial charge in [0.15, 0.2) is 0 Å². The molecule has 1 aromatic carbocycles. The van der Waals surface area contributed by atoms with Crippen molar-refractivity contribution in [3.8, 4) is 22.5 Å². The van der Waals surface area contributed by atoms with Gasteiger partial charge in [-0.05, 0) is 30.2 Å². The fraction of sp³-hybridized carbons (Fsp3) is 0.167. The molecule has 1 N–H and O–H groups in total. The van der Waals surface area contributed by atoms with Gasteiger partial charge in [-0.1, -0.05) is 23.5 Å². The number of hydrogen-bond donors (Lipinski definition) is 1. The average Bonchev–Trinajstić information content (AvgIpc) is 3.42. The van der Waals surface area contributed by atoms with Gasteiger partial charge >= 0.3 is 0 Å². The van der Waals surface area contributed by atoms with E-state index >= 15 is 0 Å². The molecule has 140 valence electrons. The Labute approximate surface area is 162 Å². The molecule has 0 amide bonds. The average molecular weight is 395 g/mol. The zero-order chi connectivity index (χ0) is 19.1. The lowest BCUT2D eigenvalue weighted by molar-refractivity contribution is 0.599. The highest BCUT2D eigenvalue weighted by Gasteiger charge is 2.26. The number of halogens is 1. The molecule has 0 atom stereocenters. The van der Waals surface area contributed by atoms with Crippen molar-refractivity contribution in [2.24, 2.45) is 0 Å². The van der Waals surface area contributed by atoms with Crippen LogP contribution >= 0.6 is 11.3 Å². The Bertz CT molecular complexity index is 1200. The van der Waals surface area contributed by atoms with Gasteiger partial charge in [0.2, 0.25) is 11.1 Å². The first kappa shape index (κ1) is 16.8. The molecule has 8 nitrogen and oxygen atoms in total. The molecule has 0 unspecified atom stereocenters. The molecule has 0 fully saturated rings. The van der Waals surface area contributed by atoms with E-state index in [1.807, 2.05) is 4.68 Å². The predicted molar refractivity (Wildman–Crippen MR) is 103 cm³/mol. The Kier molecular flexibility index (Phi) is 3.97. The second-order valence-electron chi connectivity index (χ2n) is 6.27. The van der Waals surface area contributed by atoms with Gasteiger partial charge in [0, 0.05) is 19.3 Å². The van der Waals surface area contributed by atoms with Gasteiger partial charge in [-0.3, -0.25) is 14.8 Å². The standard InChI is InChI=1S/C18H14FN7OS/c19-12-4-2-11(3-5-12)14-15(25-8-1-9-26(25)16(14)27)13-6-7-20-17(22-13)23-18-24-21-10-28-18/h2-7,10H,1,8-9H2,(H,20,22,23,24). The van der Waals surface area contributed by atoms with Crippen molar-refractivity contribution in [3.05, 3.63) is 58.2 Å². The molecule has 0 spiro atoms. The molecule has 0 aliphatic carbocycles. The number of benzene rings is 1. The van der Waals surface area contributed by atoms with Crippen molar-refractivity contribution in [1.82, 2.24) is 29.5 Å². The molecule has 0 saturated carbocycles. The van der Waals surface area contributed by atoms with Gasteiger partial charge in [0.25, 0.3) is 5.56 Å². The molecule has 1 aliphatic rings. The van der Waals surface area contributed by atoms with E-state index in [1.165, 1.54) is 23.5 Å². The predicted octanol–water partition coefficient (Wildman–Crippen LogP) is 2.91. The van der Waals surface area contributed by atoms with E-state index in [1.54, 1.807) is 34.6 Å². The van der Waals surface area contributed by atoms with Crippen LogP contribution in [0.5, 0.6) is 0 Å². The molecule has 28 heavy (non-hydrogen) atoms. The van der Waals surface area contributed by atoms with Crippen molar-refractivity contribution < 1.29 is 4.39 Å². The highest BCUT2D eigenvalue weighted by Crippen LogP contribution is 2.32. The van der Waals surface area contributed by atoms with Crippen molar-refractivity contribution in [2.75, 3.05) is 5.32 Å². The summed E-state index contributed by atoms with van der Waals surface area (Å²) in [5.74, 6) is 0.0213. The molecule has 5 rings (SSSR count).